The normalized spacial score (nSPS) is 12.9. The van der Waals surface area contributed by atoms with Crippen molar-refractivity contribution in [3.8, 4) is 5.75 Å². The van der Waals surface area contributed by atoms with Gasteiger partial charge in [-0.15, -0.1) is 0 Å². The highest BCUT2D eigenvalue weighted by Crippen LogP contribution is 2.19. The van der Waals surface area contributed by atoms with Crippen LogP contribution in [0.4, 0.5) is 4.79 Å². The summed E-state index contributed by atoms with van der Waals surface area (Å²) in [6.07, 6.45) is -0.000701. The first-order valence-electron chi connectivity index (χ1n) is 9.92. The maximum atomic E-state index is 13.1. The number of ether oxygens (including phenoxy) is 2. The number of aromatic nitrogens is 2. The van der Waals surface area contributed by atoms with Gasteiger partial charge < -0.3 is 14.4 Å². The first-order valence-corrected chi connectivity index (χ1v) is 10.3. The van der Waals surface area contributed by atoms with Gasteiger partial charge >= 0.3 is 6.09 Å². The predicted octanol–water partition coefficient (Wildman–Crippen LogP) is 3.65. The lowest BCUT2D eigenvalue weighted by molar-refractivity contribution is 0.0913. The Morgan fingerprint density at radius 2 is 1.84 bits per heavy atom. The van der Waals surface area contributed by atoms with Crippen LogP contribution in [-0.2, 0) is 30.9 Å². The second-order valence-electron chi connectivity index (χ2n) is 7.26. The molecule has 2 aromatic carbocycles. The van der Waals surface area contributed by atoms with E-state index in [2.05, 4.69) is 4.98 Å². The van der Waals surface area contributed by atoms with E-state index in [0.29, 0.717) is 24.2 Å². The van der Waals surface area contributed by atoms with Crippen LogP contribution >= 0.6 is 11.6 Å². The van der Waals surface area contributed by atoms with Gasteiger partial charge in [0.2, 0.25) is 5.28 Å². The Bertz CT molecular complexity index is 1130. The van der Waals surface area contributed by atoms with Gasteiger partial charge in [0.15, 0.2) is 0 Å². The molecule has 0 atom stereocenters. The number of rotatable bonds is 5. The van der Waals surface area contributed by atoms with E-state index in [-0.39, 0.29) is 30.5 Å². The molecular weight excluding hydrogens is 418 g/mol. The van der Waals surface area contributed by atoms with Crippen LogP contribution in [0.15, 0.2) is 59.4 Å². The van der Waals surface area contributed by atoms with Crippen molar-refractivity contribution in [1.82, 2.24) is 14.5 Å². The molecule has 0 aliphatic carbocycles. The second-order valence-corrected chi connectivity index (χ2v) is 7.60. The molecular formula is C23H22ClN3O4. The van der Waals surface area contributed by atoms with E-state index in [1.54, 1.807) is 7.11 Å². The maximum Gasteiger partial charge on any atom is 0.410 e. The van der Waals surface area contributed by atoms with Gasteiger partial charge in [0.1, 0.15) is 12.4 Å². The fourth-order valence-electron chi connectivity index (χ4n) is 3.50. The molecule has 2 heterocycles. The summed E-state index contributed by atoms with van der Waals surface area (Å²) in [4.78, 5) is 31.6. The lowest BCUT2D eigenvalue weighted by Crippen LogP contribution is -2.41. The molecule has 1 aliphatic heterocycles. The highest BCUT2D eigenvalue weighted by molar-refractivity contribution is 6.28. The first kappa shape index (κ1) is 20.9. The molecule has 7 nitrogen and oxygen atoms in total. The van der Waals surface area contributed by atoms with Gasteiger partial charge in [-0.1, -0.05) is 42.5 Å². The smallest absolute Gasteiger partial charge is 0.410 e. The Kier molecular flexibility index (Phi) is 6.23. The van der Waals surface area contributed by atoms with Gasteiger partial charge in [0, 0.05) is 13.0 Å². The molecule has 0 unspecified atom stereocenters. The van der Waals surface area contributed by atoms with Crippen LogP contribution in [0.25, 0.3) is 0 Å². The molecule has 3 aromatic rings. The van der Waals surface area contributed by atoms with E-state index in [0.717, 1.165) is 16.9 Å². The average Bonchev–Trinajstić information content (AvgIpc) is 2.81. The lowest BCUT2D eigenvalue weighted by Gasteiger charge is -2.27. The van der Waals surface area contributed by atoms with Crippen molar-refractivity contribution in [2.24, 2.45) is 0 Å². The molecule has 31 heavy (non-hydrogen) atoms. The van der Waals surface area contributed by atoms with Crippen LogP contribution in [-0.4, -0.2) is 34.2 Å². The minimum atomic E-state index is -0.453. The van der Waals surface area contributed by atoms with E-state index in [1.807, 2.05) is 54.6 Å². The minimum absolute atomic E-state index is 0.139. The minimum Gasteiger partial charge on any atom is -0.497 e. The molecule has 1 aliphatic rings. The number of methoxy groups -OCH3 is 1. The summed E-state index contributed by atoms with van der Waals surface area (Å²) in [6, 6.07) is 16.9. The lowest BCUT2D eigenvalue weighted by atomic mass is 10.1. The molecule has 0 bridgehead atoms. The van der Waals surface area contributed by atoms with E-state index >= 15 is 0 Å². The molecule has 1 aromatic heterocycles. The van der Waals surface area contributed by atoms with Gasteiger partial charge in [-0.05, 0) is 34.9 Å². The van der Waals surface area contributed by atoms with E-state index in [1.165, 1.54) is 9.47 Å². The van der Waals surface area contributed by atoms with Crippen molar-refractivity contribution in [2.45, 2.75) is 26.1 Å². The van der Waals surface area contributed by atoms with Crippen LogP contribution in [0.2, 0.25) is 5.28 Å². The number of hydrogen-bond donors (Lipinski definition) is 0. The van der Waals surface area contributed by atoms with Crippen molar-refractivity contribution < 1.29 is 14.3 Å². The SMILES string of the molecule is COc1ccc(Cn2c(Cl)nc3c(c2=O)CN(C(=O)OCc2ccccc2)CC3)cc1. The second kappa shape index (κ2) is 9.22. The molecule has 0 fully saturated rings. The van der Waals surface area contributed by atoms with Crippen LogP contribution in [0.5, 0.6) is 5.75 Å². The molecule has 1 amide bonds. The third-order valence-electron chi connectivity index (χ3n) is 5.23. The van der Waals surface area contributed by atoms with Crippen molar-refractivity contribution in [2.75, 3.05) is 13.7 Å². The Labute approximate surface area is 184 Å². The molecule has 0 saturated carbocycles. The third kappa shape index (κ3) is 4.72. The quantitative estimate of drug-likeness (QED) is 0.567. The van der Waals surface area contributed by atoms with Crippen molar-refractivity contribution in [3.63, 3.8) is 0 Å². The van der Waals surface area contributed by atoms with E-state index < -0.39 is 6.09 Å². The van der Waals surface area contributed by atoms with E-state index in [4.69, 9.17) is 21.1 Å². The molecule has 8 heteroatoms. The van der Waals surface area contributed by atoms with Crippen molar-refractivity contribution in [1.29, 1.82) is 0 Å². The first-order chi connectivity index (χ1) is 15.0. The highest BCUT2D eigenvalue weighted by Gasteiger charge is 2.27. The summed E-state index contributed by atoms with van der Waals surface area (Å²) < 4.78 is 12.0. The summed E-state index contributed by atoms with van der Waals surface area (Å²) >= 11 is 6.31. The van der Waals surface area contributed by atoms with Crippen LogP contribution in [0, 0.1) is 0 Å². The van der Waals surface area contributed by atoms with Crippen LogP contribution < -0.4 is 10.3 Å². The molecule has 0 spiro atoms. The Morgan fingerprint density at radius 3 is 2.55 bits per heavy atom. The maximum absolute atomic E-state index is 13.1. The number of hydrogen-bond acceptors (Lipinski definition) is 5. The van der Waals surface area contributed by atoms with Gasteiger partial charge in [0.25, 0.3) is 5.56 Å². The molecule has 0 radical (unpaired) electrons. The van der Waals surface area contributed by atoms with E-state index in [9.17, 15) is 9.59 Å². The largest absolute Gasteiger partial charge is 0.497 e. The summed E-state index contributed by atoms with van der Waals surface area (Å²) in [7, 11) is 1.60. The van der Waals surface area contributed by atoms with Crippen molar-refractivity contribution in [3.05, 3.63) is 92.6 Å². The topological polar surface area (TPSA) is 73.7 Å². The summed E-state index contributed by atoms with van der Waals surface area (Å²) in [5, 5.41) is 0.139. The van der Waals surface area contributed by atoms with Gasteiger partial charge in [-0.25, -0.2) is 9.78 Å². The Morgan fingerprint density at radius 1 is 1.10 bits per heavy atom. The number of nitrogens with zero attached hydrogens (tertiary/aromatic N) is 3. The van der Waals surface area contributed by atoms with Crippen LogP contribution in [0.1, 0.15) is 22.4 Å². The molecule has 4 rings (SSSR count). The Balaban J connectivity index is 1.50. The number of carbonyl (C=O) groups excluding carboxylic acids is 1. The molecule has 0 saturated heterocycles. The standard InChI is InChI=1S/C23H22ClN3O4/c1-30-18-9-7-16(8-10-18)13-27-21(28)19-14-26(12-11-20(19)25-22(27)24)23(29)31-15-17-5-3-2-4-6-17/h2-10H,11-15H2,1H3. The molecule has 160 valence electrons. The Hall–Kier alpha value is -3.32. The zero-order valence-corrected chi connectivity index (χ0v) is 17.8. The average molecular weight is 440 g/mol. The fraction of sp³-hybridized carbons (Fsp3) is 0.261. The molecule has 0 N–H and O–H groups in total. The highest BCUT2D eigenvalue weighted by atomic mass is 35.5. The summed E-state index contributed by atoms with van der Waals surface area (Å²) in [6.45, 7) is 1.03. The van der Waals surface area contributed by atoms with Gasteiger partial charge in [-0.3, -0.25) is 9.36 Å². The van der Waals surface area contributed by atoms with Gasteiger partial charge in [0.05, 0.1) is 31.5 Å². The zero-order valence-electron chi connectivity index (χ0n) is 17.1. The van der Waals surface area contributed by atoms with Crippen LogP contribution in [0.3, 0.4) is 0 Å². The number of carbonyl (C=O) groups is 1. The summed E-state index contributed by atoms with van der Waals surface area (Å²) in [5.74, 6) is 0.732. The third-order valence-corrected chi connectivity index (χ3v) is 5.52. The number of halogens is 1. The van der Waals surface area contributed by atoms with Gasteiger partial charge in [-0.2, -0.15) is 0 Å². The number of fused-ring (bicyclic) bond motifs is 1. The number of benzene rings is 2. The summed E-state index contributed by atoms with van der Waals surface area (Å²) in [5.41, 5.74) is 2.66. The van der Waals surface area contributed by atoms with Crippen molar-refractivity contribution >= 4 is 17.7 Å². The number of amides is 1. The zero-order chi connectivity index (χ0) is 21.8. The predicted molar refractivity (Wildman–Crippen MR) is 116 cm³/mol. The fourth-order valence-corrected chi connectivity index (χ4v) is 3.74. The monoisotopic (exact) mass is 439 g/mol.